The van der Waals surface area contributed by atoms with Crippen LogP contribution in [0, 0.1) is 18.8 Å². The maximum atomic E-state index is 6.33. The lowest BCUT2D eigenvalue weighted by Crippen LogP contribution is -2.42. The summed E-state index contributed by atoms with van der Waals surface area (Å²) < 4.78 is 0. The Morgan fingerprint density at radius 2 is 1.72 bits per heavy atom. The van der Waals surface area contributed by atoms with Gasteiger partial charge in [-0.1, -0.05) is 43.7 Å². The van der Waals surface area contributed by atoms with Crippen molar-refractivity contribution in [2.24, 2.45) is 17.6 Å². The second-order valence-electron chi connectivity index (χ2n) is 6.18. The highest BCUT2D eigenvalue weighted by Gasteiger charge is 2.23. The zero-order chi connectivity index (χ0) is 13.1. The Bertz CT molecular complexity index is 361. The molecule has 100 valence electrons. The number of hydrogen-bond acceptors (Lipinski definition) is 2. The molecule has 2 N–H and O–H groups in total. The predicted octanol–water partition coefficient (Wildman–Crippen LogP) is 2.97. The summed E-state index contributed by atoms with van der Waals surface area (Å²) >= 11 is 0. The Balaban J connectivity index is 1.94. The topological polar surface area (TPSA) is 29.3 Å². The average Bonchev–Trinajstić information content (AvgIpc) is 2.28. The van der Waals surface area contributed by atoms with Crippen molar-refractivity contribution < 1.29 is 0 Å². The van der Waals surface area contributed by atoms with E-state index in [-0.39, 0.29) is 6.04 Å². The predicted molar refractivity (Wildman–Crippen MR) is 77.5 cm³/mol. The van der Waals surface area contributed by atoms with Crippen LogP contribution in [0.1, 0.15) is 37.4 Å². The summed E-state index contributed by atoms with van der Waals surface area (Å²) in [7, 11) is 0. The molecule has 3 unspecified atom stereocenters. The first-order valence-corrected chi connectivity index (χ1v) is 7.09. The molecule has 0 radical (unpaired) electrons. The van der Waals surface area contributed by atoms with Crippen molar-refractivity contribution in [3.8, 4) is 0 Å². The standard InChI is InChI=1S/C16H26N2/c1-12-4-6-15(7-5-12)16(17)11-18-9-13(2)8-14(3)10-18/h4-7,13-14,16H,8-11,17H2,1-3H3. The summed E-state index contributed by atoms with van der Waals surface area (Å²) in [4.78, 5) is 2.53. The molecule has 1 fully saturated rings. The van der Waals surface area contributed by atoms with Crippen molar-refractivity contribution in [1.82, 2.24) is 4.90 Å². The summed E-state index contributed by atoms with van der Waals surface area (Å²) in [5.74, 6) is 1.61. The third-order valence-corrected chi connectivity index (χ3v) is 3.90. The van der Waals surface area contributed by atoms with Gasteiger partial charge in [-0.2, -0.15) is 0 Å². The van der Waals surface area contributed by atoms with Crippen LogP contribution in [0.3, 0.4) is 0 Å². The van der Waals surface area contributed by atoms with E-state index >= 15 is 0 Å². The lowest BCUT2D eigenvalue weighted by atomic mass is 9.91. The van der Waals surface area contributed by atoms with Crippen LogP contribution in [0.25, 0.3) is 0 Å². The molecule has 2 nitrogen and oxygen atoms in total. The molecule has 0 aromatic heterocycles. The van der Waals surface area contributed by atoms with E-state index in [0.717, 1.165) is 18.4 Å². The summed E-state index contributed by atoms with van der Waals surface area (Å²) in [6, 6.07) is 8.77. The normalized spacial score (nSPS) is 27.1. The fraction of sp³-hybridized carbons (Fsp3) is 0.625. The molecule has 0 amide bonds. The number of nitrogens with two attached hydrogens (primary N) is 1. The van der Waals surface area contributed by atoms with Crippen molar-refractivity contribution in [1.29, 1.82) is 0 Å². The van der Waals surface area contributed by atoms with Crippen LogP contribution in [-0.2, 0) is 0 Å². The smallest absolute Gasteiger partial charge is 0.0424 e. The minimum Gasteiger partial charge on any atom is -0.323 e. The Morgan fingerprint density at radius 3 is 2.28 bits per heavy atom. The molecule has 1 aliphatic rings. The van der Waals surface area contributed by atoms with E-state index in [4.69, 9.17) is 5.73 Å². The van der Waals surface area contributed by atoms with Crippen LogP contribution in [0.15, 0.2) is 24.3 Å². The fourth-order valence-corrected chi connectivity index (χ4v) is 3.14. The molecular weight excluding hydrogens is 220 g/mol. The third kappa shape index (κ3) is 3.56. The first-order valence-electron chi connectivity index (χ1n) is 7.09. The van der Waals surface area contributed by atoms with Gasteiger partial charge in [0.15, 0.2) is 0 Å². The molecule has 1 aromatic carbocycles. The molecule has 0 bridgehead atoms. The van der Waals surface area contributed by atoms with Gasteiger partial charge in [0, 0.05) is 25.7 Å². The van der Waals surface area contributed by atoms with Crippen LogP contribution < -0.4 is 5.73 Å². The van der Waals surface area contributed by atoms with Gasteiger partial charge in [-0.05, 0) is 30.7 Å². The van der Waals surface area contributed by atoms with Gasteiger partial charge in [-0.3, -0.25) is 0 Å². The number of aryl methyl sites for hydroxylation is 1. The number of rotatable bonds is 3. The second kappa shape index (κ2) is 5.85. The van der Waals surface area contributed by atoms with E-state index in [9.17, 15) is 0 Å². The number of nitrogens with zero attached hydrogens (tertiary/aromatic N) is 1. The average molecular weight is 246 g/mol. The van der Waals surface area contributed by atoms with Crippen molar-refractivity contribution in [3.05, 3.63) is 35.4 Å². The molecule has 2 rings (SSSR count). The molecule has 1 heterocycles. The van der Waals surface area contributed by atoms with Gasteiger partial charge in [0.25, 0.3) is 0 Å². The largest absolute Gasteiger partial charge is 0.323 e. The van der Waals surface area contributed by atoms with Crippen molar-refractivity contribution in [3.63, 3.8) is 0 Å². The number of benzene rings is 1. The van der Waals surface area contributed by atoms with E-state index in [1.54, 1.807) is 0 Å². The summed E-state index contributed by atoms with van der Waals surface area (Å²) in [6.45, 7) is 10.2. The van der Waals surface area contributed by atoms with Gasteiger partial charge in [0.2, 0.25) is 0 Å². The van der Waals surface area contributed by atoms with E-state index < -0.39 is 0 Å². The van der Waals surface area contributed by atoms with Gasteiger partial charge >= 0.3 is 0 Å². The van der Waals surface area contributed by atoms with Crippen molar-refractivity contribution >= 4 is 0 Å². The minimum absolute atomic E-state index is 0.142. The molecule has 0 aliphatic carbocycles. The summed E-state index contributed by atoms with van der Waals surface area (Å²) in [5, 5.41) is 0. The molecule has 1 aromatic rings. The number of likely N-dealkylation sites (tertiary alicyclic amines) is 1. The van der Waals surface area contributed by atoms with E-state index in [2.05, 4.69) is 49.9 Å². The molecule has 0 saturated carbocycles. The van der Waals surface area contributed by atoms with Gasteiger partial charge < -0.3 is 10.6 Å². The molecule has 2 heteroatoms. The minimum atomic E-state index is 0.142. The van der Waals surface area contributed by atoms with Gasteiger partial charge in [-0.25, -0.2) is 0 Å². The monoisotopic (exact) mass is 246 g/mol. The van der Waals surface area contributed by atoms with E-state index in [1.807, 2.05) is 0 Å². The highest BCUT2D eigenvalue weighted by molar-refractivity contribution is 5.24. The summed E-state index contributed by atoms with van der Waals surface area (Å²) in [6.07, 6.45) is 1.36. The van der Waals surface area contributed by atoms with Crippen molar-refractivity contribution in [2.45, 2.75) is 33.2 Å². The third-order valence-electron chi connectivity index (χ3n) is 3.90. The lowest BCUT2D eigenvalue weighted by molar-refractivity contribution is 0.134. The second-order valence-corrected chi connectivity index (χ2v) is 6.18. The molecule has 18 heavy (non-hydrogen) atoms. The number of piperidine rings is 1. The SMILES string of the molecule is Cc1ccc(C(N)CN2CC(C)CC(C)C2)cc1. The van der Waals surface area contributed by atoms with E-state index in [1.165, 1.54) is 30.6 Å². The highest BCUT2D eigenvalue weighted by Crippen LogP contribution is 2.22. The van der Waals surface area contributed by atoms with Crippen LogP contribution >= 0.6 is 0 Å². The van der Waals surface area contributed by atoms with Crippen LogP contribution in [0.4, 0.5) is 0 Å². The first kappa shape index (κ1) is 13.6. The highest BCUT2D eigenvalue weighted by atomic mass is 15.1. The molecule has 3 atom stereocenters. The fourth-order valence-electron chi connectivity index (χ4n) is 3.14. The maximum absolute atomic E-state index is 6.33. The van der Waals surface area contributed by atoms with Gasteiger partial charge in [0.1, 0.15) is 0 Å². The molecule has 0 spiro atoms. The molecular formula is C16H26N2. The first-order chi connectivity index (χ1) is 8.54. The van der Waals surface area contributed by atoms with Crippen LogP contribution in [0.5, 0.6) is 0 Å². The Kier molecular flexibility index (Phi) is 4.41. The van der Waals surface area contributed by atoms with Gasteiger partial charge in [-0.15, -0.1) is 0 Å². The van der Waals surface area contributed by atoms with Crippen LogP contribution in [-0.4, -0.2) is 24.5 Å². The Morgan fingerprint density at radius 1 is 1.17 bits per heavy atom. The zero-order valence-corrected chi connectivity index (χ0v) is 11.9. The maximum Gasteiger partial charge on any atom is 0.0424 e. The Labute approximate surface area is 111 Å². The van der Waals surface area contributed by atoms with Crippen LogP contribution in [0.2, 0.25) is 0 Å². The summed E-state index contributed by atoms with van der Waals surface area (Å²) in [5.41, 5.74) is 8.88. The molecule has 1 aliphatic heterocycles. The quantitative estimate of drug-likeness (QED) is 0.888. The van der Waals surface area contributed by atoms with E-state index in [0.29, 0.717) is 0 Å². The lowest BCUT2D eigenvalue weighted by Gasteiger charge is -2.36. The Hall–Kier alpha value is -0.860. The number of hydrogen-bond donors (Lipinski definition) is 1. The molecule has 1 saturated heterocycles. The van der Waals surface area contributed by atoms with Gasteiger partial charge in [0.05, 0.1) is 0 Å². The van der Waals surface area contributed by atoms with Crippen molar-refractivity contribution in [2.75, 3.05) is 19.6 Å². The zero-order valence-electron chi connectivity index (χ0n) is 11.9.